The molecule has 2 atom stereocenters. The Labute approximate surface area is 142 Å². The molecule has 0 saturated carbocycles. The van der Waals surface area contributed by atoms with Crippen LogP contribution in [0.5, 0.6) is 0 Å². The summed E-state index contributed by atoms with van der Waals surface area (Å²) in [7, 11) is 1.66. The fourth-order valence-electron chi connectivity index (χ4n) is 3.31. The van der Waals surface area contributed by atoms with E-state index >= 15 is 0 Å². The minimum Gasteiger partial charge on any atom is -0.379 e. The number of hydrogen-bond donors (Lipinski definition) is 1. The van der Waals surface area contributed by atoms with Crippen molar-refractivity contribution in [3.63, 3.8) is 0 Å². The summed E-state index contributed by atoms with van der Waals surface area (Å²) in [5, 5.41) is 2.99. The second kappa shape index (κ2) is 7.90. The molecule has 0 unspecified atom stereocenters. The molecule has 0 radical (unpaired) electrons. The van der Waals surface area contributed by atoms with Gasteiger partial charge >= 0.3 is 0 Å². The Morgan fingerprint density at radius 1 is 1.38 bits per heavy atom. The van der Waals surface area contributed by atoms with E-state index in [-0.39, 0.29) is 18.1 Å². The molecular formula is C17H26N4O3. The van der Waals surface area contributed by atoms with Gasteiger partial charge in [-0.05, 0) is 32.6 Å². The Morgan fingerprint density at radius 3 is 2.88 bits per heavy atom. The molecule has 2 aliphatic heterocycles. The molecule has 0 spiro atoms. The lowest BCUT2D eigenvalue weighted by Crippen LogP contribution is -2.50. The Kier molecular flexibility index (Phi) is 5.63. The maximum Gasteiger partial charge on any atom is 0.255 e. The number of nitrogens with one attached hydrogen (secondary N) is 1. The standard InChI is InChI=1S/C17H26N4O3/c1-12-13(10-18-17(19-12)21-7-4-3-5-8-21)16(22)20-14-11-24-9-6-15(14)23-2/h10,14-15H,3-9,11H2,1-2H3,(H,20,22)/t14-,15-/m1/s1. The van der Waals surface area contributed by atoms with Crippen LogP contribution in [0.4, 0.5) is 5.95 Å². The number of rotatable bonds is 4. The second-order valence-electron chi connectivity index (χ2n) is 6.43. The number of ether oxygens (including phenoxy) is 2. The third-order valence-corrected chi connectivity index (χ3v) is 4.76. The lowest BCUT2D eigenvalue weighted by atomic mass is 10.1. The molecule has 0 aliphatic carbocycles. The number of anilines is 1. The maximum absolute atomic E-state index is 12.6. The Morgan fingerprint density at radius 2 is 2.17 bits per heavy atom. The first-order valence-corrected chi connectivity index (χ1v) is 8.69. The number of carbonyl (C=O) groups excluding carboxylic acids is 1. The zero-order valence-electron chi connectivity index (χ0n) is 14.5. The summed E-state index contributed by atoms with van der Waals surface area (Å²) in [4.78, 5) is 23.7. The Bertz CT molecular complexity index is 575. The number of aromatic nitrogens is 2. The van der Waals surface area contributed by atoms with E-state index in [0.717, 1.165) is 25.5 Å². The van der Waals surface area contributed by atoms with Gasteiger partial charge in [0.15, 0.2) is 0 Å². The molecule has 7 nitrogen and oxygen atoms in total. The van der Waals surface area contributed by atoms with Gasteiger partial charge in [-0.3, -0.25) is 4.79 Å². The highest BCUT2D eigenvalue weighted by atomic mass is 16.5. The quantitative estimate of drug-likeness (QED) is 0.895. The van der Waals surface area contributed by atoms with Crippen LogP contribution in [0.1, 0.15) is 41.7 Å². The van der Waals surface area contributed by atoms with Crippen LogP contribution in [-0.4, -0.2) is 61.4 Å². The molecule has 3 heterocycles. The van der Waals surface area contributed by atoms with Gasteiger partial charge in [0.2, 0.25) is 5.95 Å². The van der Waals surface area contributed by atoms with E-state index in [1.807, 2.05) is 6.92 Å². The van der Waals surface area contributed by atoms with Gasteiger partial charge in [0, 0.05) is 33.0 Å². The fourth-order valence-corrected chi connectivity index (χ4v) is 3.31. The molecule has 1 aromatic heterocycles. The van der Waals surface area contributed by atoms with E-state index in [1.165, 1.54) is 19.3 Å². The molecule has 2 fully saturated rings. The molecule has 0 aromatic carbocycles. The molecule has 132 valence electrons. The first kappa shape index (κ1) is 17.1. The van der Waals surface area contributed by atoms with Crippen molar-refractivity contribution < 1.29 is 14.3 Å². The van der Waals surface area contributed by atoms with E-state index in [1.54, 1.807) is 13.3 Å². The van der Waals surface area contributed by atoms with Crippen molar-refractivity contribution in [2.45, 2.75) is 44.8 Å². The van der Waals surface area contributed by atoms with Crippen LogP contribution in [-0.2, 0) is 9.47 Å². The number of nitrogens with zero attached hydrogens (tertiary/aromatic N) is 3. The first-order chi connectivity index (χ1) is 11.7. The summed E-state index contributed by atoms with van der Waals surface area (Å²) in [6.45, 7) is 4.96. The van der Waals surface area contributed by atoms with Crippen LogP contribution >= 0.6 is 0 Å². The van der Waals surface area contributed by atoms with Gasteiger partial charge < -0.3 is 19.7 Å². The van der Waals surface area contributed by atoms with Crippen LogP contribution in [0.2, 0.25) is 0 Å². The predicted molar refractivity (Wildman–Crippen MR) is 90.3 cm³/mol. The molecule has 7 heteroatoms. The van der Waals surface area contributed by atoms with Gasteiger partial charge in [-0.1, -0.05) is 0 Å². The Balaban J connectivity index is 1.68. The SMILES string of the molecule is CO[C@@H]1CCOC[C@H]1NC(=O)c1cnc(N2CCCCC2)nc1C. The van der Waals surface area contributed by atoms with Gasteiger partial charge in [-0.2, -0.15) is 0 Å². The lowest BCUT2D eigenvalue weighted by molar-refractivity contribution is -0.0349. The topological polar surface area (TPSA) is 76.6 Å². The van der Waals surface area contributed by atoms with Gasteiger partial charge in [-0.25, -0.2) is 9.97 Å². The van der Waals surface area contributed by atoms with E-state index in [4.69, 9.17) is 9.47 Å². The largest absolute Gasteiger partial charge is 0.379 e. The molecule has 3 rings (SSSR count). The summed E-state index contributed by atoms with van der Waals surface area (Å²) >= 11 is 0. The van der Waals surface area contributed by atoms with Crippen LogP contribution < -0.4 is 10.2 Å². The van der Waals surface area contributed by atoms with Crippen LogP contribution in [0, 0.1) is 6.92 Å². The van der Waals surface area contributed by atoms with Crippen LogP contribution in [0.15, 0.2) is 6.20 Å². The molecule has 24 heavy (non-hydrogen) atoms. The van der Waals surface area contributed by atoms with E-state index in [9.17, 15) is 4.79 Å². The zero-order chi connectivity index (χ0) is 16.9. The van der Waals surface area contributed by atoms with Crippen molar-refractivity contribution in [3.8, 4) is 0 Å². The molecular weight excluding hydrogens is 308 g/mol. The van der Waals surface area contributed by atoms with Crippen LogP contribution in [0.25, 0.3) is 0 Å². The van der Waals surface area contributed by atoms with E-state index < -0.39 is 0 Å². The van der Waals surface area contributed by atoms with Crippen molar-refractivity contribution in [1.29, 1.82) is 0 Å². The molecule has 1 N–H and O–H groups in total. The third kappa shape index (κ3) is 3.84. The van der Waals surface area contributed by atoms with E-state index in [2.05, 4.69) is 20.2 Å². The number of carbonyl (C=O) groups is 1. The van der Waals surface area contributed by atoms with Crippen molar-refractivity contribution in [2.75, 3.05) is 38.3 Å². The zero-order valence-corrected chi connectivity index (χ0v) is 14.5. The van der Waals surface area contributed by atoms with Crippen LogP contribution in [0.3, 0.4) is 0 Å². The number of hydrogen-bond acceptors (Lipinski definition) is 6. The average Bonchev–Trinajstić information content (AvgIpc) is 2.62. The lowest BCUT2D eigenvalue weighted by Gasteiger charge is -2.31. The predicted octanol–water partition coefficient (Wildman–Crippen LogP) is 1.31. The summed E-state index contributed by atoms with van der Waals surface area (Å²) in [6, 6.07) is -0.141. The van der Waals surface area contributed by atoms with Crippen molar-refractivity contribution in [1.82, 2.24) is 15.3 Å². The minimum atomic E-state index is -0.171. The number of methoxy groups -OCH3 is 1. The second-order valence-corrected chi connectivity index (χ2v) is 6.43. The maximum atomic E-state index is 12.6. The normalized spacial score (nSPS) is 24.7. The van der Waals surface area contributed by atoms with Crippen molar-refractivity contribution >= 4 is 11.9 Å². The van der Waals surface area contributed by atoms with Gasteiger partial charge in [0.25, 0.3) is 5.91 Å². The summed E-state index contributed by atoms with van der Waals surface area (Å²) in [5.74, 6) is 0.551. The van der Waals surface area contributed by atoms with Gasteiger partial charge in [-0.15, -0.1) is 0 Å². The summed E-state index contributed by atoms with van der Waals surface area (Å²) < 4.78 is 10.9. The number of aryl methyl sites for hydroxylation is 1. The minimum absolute atomic E-state index is 0.0171. The Hall–Kier alpha value is -1.73. The highest BCUT2D eigenvalue weighted by Gasteiger charge is 2.28. The molecule has 1 aromatic rings. The number of piperidine rings is 1. The van der Waals surface area contributed by atoms with Crippen molar-refractivity contribution in [3.05, 3.63) is 17.5 Å². The molecule has 1 amide bonds. The monoisotopic (exact) mass is 334 g/mol. The van der Waals surface area contributed by atoms with Gasteiger partial charge in [0.1, 0.15) is 0 Å². The first-order valence-electron chi connectivity index (χ1n) is 8.69. The molecule has 2 saturated heterocycles. The van der Waals surface area contributed by atoms with E-state index in [0.29, 0.717) is 24.5 Å². The highest BCUT2D eigenvalue weighted by Crippen LogP contribution is 2.17. The number of amides is 1. The third-order valence-electron chi connectivity index (χ3n) is 4.76. The average molecular weight is 334 g/mol. The molecule has 2 aliphatic rings. The smallest absolute Gasteiger partial charge is 0.255 e. The molecule has 0 bridgehead atoms. The highest BCUT2D eigenvalue weighted by molar-refractivity contribution is 5.95. The fraction of sp³-hybridized carbons (Fsp3) is 0.706. The summed E-state index contributed by atoms with van der Waals surface area (Å²) in [5.41, 5.74) is 1.21. The summed E-state index contributed by atoms with van der Waals surface area (Å²) in [6.07, 6.45) is 6.00. The van der Waals surface area contributed by atoms with Crippen molar-refractivity contribution in [2.24, 2.45) is 0 Å². The van der Waals surface area contributed by atoms with Gasteiger partial charge in [0.05, 0.1) is 30.0 Å².